The van der Waals surface area contributed by atoms with Gasteiger partial charge in [0.1, 0.15) is 34.3 Å². The Morgan fingerprint density at radius 3 is 1.89 bits per heavy atom. The zero-order valence-electron chi connectivity index (χ0n) is 30.6. The lowest BCUT2D eigenvalue weighted by Crippen LogP contribution is -2.33. The molecule has 1 unspecified atom stereocenters. The molecule has 3 aromatic heterocycles. The number of amidine groups is 2. The van der Waals surface area contributed by atoms with Gasteiger partial charge in [-0.1, -0.05) is 140 Å². The summed E-state index contributed by atoms with van der Waals surface area (Å²) in [5.41, 5.74) is 11.8. The van der Waals surface area contributed by atoms with Crippen molar-refractivity contribution in [2.75, 3.05) is 0 Å². The van der Waals surface area contributed by atoms with Crippen LogP contribution in [0, 0.1) is 0 Å². The average molecular weight is 733 g/mol. The van der Waals surface area contributed by atoms with Crippen LogP contribution < -0.4 is 5.32 Å². The predicted octanol–water partition coefficient (Wildman–Crippen LogP) is 12.7. The standard InChI is InChI=1S/C51H32N4O2/c1-3-14-31(15-4-1)49-52-50(32-16-5-2-6-17-32)54-51(53-49)38-22-12-26-44-46(38)39-30-33(28-29-43(39)56-44)34-20-11-21-37-47-42(25-13-27-45(47)57-48(34)37)55-40-23-9-7-18-35(40)36-19-8-10-24-41(36)55/h1-30,51H,(H,52,53,54). The van der Waals surface area contributed by atoms with Crippen molar-refractivity contribution in [3.63, 3.8) is 0 Å². The quantitative estimate of drug-likeness (QED) is 0.192. The van der Waals surface area contributed by atoms with Crippen molar-refractivity contribution in [1.82, 2.24) is 9.88 Å². The highest BCUT2D eigenvalue weighted by Crippen LogP contribution is 2.43. The molecule has 0 fully saturated rings. The normalized spacial score (nSPS) is 14.5. The Morgan fingerprint density at radius 1 is 0.474 bits per heavy atom. The van der Waals surface area contributed by atoms with Crippen LogP contribution in [0.25, 0.3) is 82.5 Å². The molecule has 0 aliphatic carbocycles. The minimum absolute atomic E-state index is 0.404. The number of aromatic nitrogens is 1. The Bertz CT molecular complexity index is 3390. The Hall–Kier alpha value is -7.70. The van der Waals surface area contributed by atoms with Crippen LogP contribution in [0.3, 0.4) is 0 Å². The first-order valence-electron chi connectivity index (χ1n) is 19.2. The minimum atomic E-state index is -0.404. The van der Waals surface area contributed by atoms with Gasteiger partial charge in [0.05, 0.1) is 22.1 Å². The number of furan rings is 2. The third-order valence-corrected chi connectivity index (χ3v) is 11.3. The van der Waals surface area contributed by atoms with Gasteiger partial charge < -0.3 is 18.7 Å². The van der Waals surface area contributed by atoms with E-state index >= 15 is 0 Å². The molecule has 1 aliphatic rings. The Morgan fingerprint density at radius 2 is 1.12 bits per heavy atom. The molecule has 1 aliphatic heterocycles. The van der Waals surface area contributed by atoms with Crippen LogP contribution in [0.4, 0.5) is 0 Å². The predicted molar refractivity (Wildman–Crippen MR) is 233 cm³/mol. The Kier molecular flexibility index (Phi) is 6.89. The number of aliphatic imine (C=N–C) groups is 2. The molecule has 0 bridgehead atoms. The van der Waals surface area contributed by atoms with Crippen molar-refractivity contribution in [3.05, 3.63) is 199 Å². The van der Waals surface area contributed by atoms with Crippen molar-refractivity contribution in [3.8, 4) is 16.8 Å². The summed E-state index contributed by atoms with van der Waals surface area (Å²) >= 11 is 0. The Balaban J connectivity index is 1.03. The first kappa shape index (κ1) is 31.6. The number of rotatable bonds is 5. The molecule has 0 saturated carbocycles. The minimum Gasteiger partial charge on any atom is -0.456 e. The molecule has 4 heterocycles. The lowest BCUT2D eigenvalue weighted by atomic mass is 9.98. The third-order valence-electron chi connectivity index (χ3n) is 11.3. The molecular formula is C51H32N4O2. The summed E-state index contributed by atoms with van der Waals surface area (Å²) in [6.07, 6.45) is -0.404. The SMILES string of the molecule is c1ccc(C2=NC(c3cccc4oc5ccc(-c6cccc7c6oc6cccc(-n8c9ccccc9c9ccccc98)c67)cc5c34)NC(c3ccccc3)=N2)cc1. The van der Waals surface area contributed by atoms with E-state index in [9.17, 15) is 0 Å². The van der Waals surface area contributed by atoms with Crippen LogP contribution in [-0.4, -0.2) is 16.2 Å². The zero-order chi connectivity index (χ0) is 37.5. The van der Waals surface area contributed by atoms with Crippen molar-refractivity contribution in [1.29, 1.82) is 0 Å². The lowest BCUT2D eigenvalue weighted by molar-refractivity contribution is 0.662. The molecule has 1 atom stereocenters. The number of nitrogens with one attached hydrogen (secondary N) is 1. The average Bonchev–Trinajstić information content (AvgIpc) is 3.96. The maximum absolute atomic E-state index is 6.83. The molecule has 11 aromatic rings. The van der Waals surface area contributed by atoms with Gasteiger partial charge in [-0.05, 0) is 48.0 Å². The van der Waals surface area contributed by atoms with E-state index in [4.69, 9.17) is 18.8 Å². The van der Waals surface area contributed by atoms with Crippen LogP contribution in [-0.2, 0) is 0 Å². The largest absolute Gasteiger partial charge is 0.456 e. The fourth-order valence-electron chi connectivity index (χ4n) is 8.74. The fourth-order valence-corrected chi connectivity index (χ4v) is 8.74. The maximum atomic E-state index is 6.83. The van der Waals surface area contributed by atoms with Gasteiger partial charge in [0.25, 0.3) is 0 Å². The maximum Gasteiger partial charge on any atom is 0.159 e. The fraction of sp³-hybridized carbons (Fsp3) is 0.0196. The van der Waals surface area contributed by atoms with E-state index in [2.05, 4.69) is 143 Å². The van der Waals surface area contributed by atoms with E-state index in [1.807, 2.05) is 48.5 Å². The summed E-state index contributed by atoms with van der Waals surface area (Å²) in [4.78, 5) is 10.2. The van der Waals surface area contributed by atoms with E-state index in [1.54, 1.807) is 0 Å². The lowest BCUT2D eigenvalue weighted by Gasteiger charge is -2.24. The van der Waals surface area contributed by atoms with Gasteiger partial charge in [0.15, 0.2) is 5.84 Å². The molecule has 268 valence electrons. The van der Waals surface area contributed by atoms with Gasteiger partial charge >= 0.3 is 0 Å². The van der Waals surface area contributed by atoms with Crippen molar-refractivity contribution < 1.29 is 8.83 Å². The number of hydrogen-bond donors (Lipinski definition) is 1. The number of fused-ring (bicyclic) bond motifs is 9. The van der Waals surface area contributed by atoms with E-state index in [1.165, 1.54) is 21.8 Å². The summed E-state index contributed by atoms with van der Waals surface area (Å²) in [6.45, 7) is 0. The third kappa shape index (κ3) is 4.90. The molecule has 57 heavy (non-hydrogen) atoms. The second-order valence-electron chi connectivity index (χ2n) is 14.5. The van der Waals surface area contributed by atoms with Gasteiger partial charge in [-0.25, -0.2) is 9.98 Å². The highest BCUT2D eigenvalue weighted by atomic mass is 16.3. The van der Waals surface area contributed by atoms with Crippen LogP contribution in [0.15, 0.2) is 201 Å². The summed E-state index contributed by atoms with van der Waals surface area (Å²) in [5, 5.41) is 10.3. The second kappa shape index (κ2) is 12.4. The van der Waals surface area contributed by atoms with Crippen LogP contribution in [0.5, 0.6) is 0 Å². The van der Waals surface area contributed by atoms with Gasteiger partial charge in [0.2, 0.25) is 0 Å². The van der Waals surface area contributed by atoms with Gasteiger partial charge in [0, 0.05) is 49.2 Å². The monoisotopic (exact) mass is 732 g/mol. The van der Waals surface area contributed by atoms with Crippen LogP contribution in [0.2, 0.25) is 0 Å². The topological polar surface area (TPSA) is 68.0 Å². The molecule has 0 amide bonds. The molecule has 0 spiro atoms. The van der Waals surface area contributed by atoms with E-state index < -0.39 is 6.17 Å². The van der Waals surface area contributed by atoms with Crippen LogP contribution in [0.1, 0.15) is 22.9 Å². The molecule has 1 N–H and O–H groups in total. The first-order valence-corrected chi connectivity index (χ1v) is 19.2. The number of nitrogens with zero attached hydrogens (tertiary/aromatic N) is 3. The molecule has 0 saturated heterocycles. The van der Waals surface area contributed by atoms with Gasteiger partial charge in [-0.2, -0.15) is 0 Å². The summed E-state index contributed by atoms with van der Waals surface area (Å²) in [6, 6.07) is 63.1. The summed E-state index contributed by atoms with van der Waals surface area (Å²) in [7, 11) is 0. The van der Waals surface area contributed by atoms with Gasteiger partial charge in [-0.15, -0.1) is 0 Å². The van der Waals surface area contributed by atoms with Crippen LogP contribution >= 0.6 is 0 Å². The highest BCUT2D eigenvalue weighted by molar-refractivity contribution is 6.17. The highest BCUT2D eigenvalue weighted by Gasteiger charge is 2.25. The molecule has 12 rings (SSSR count). The summed E-state index contributed by atoms with van der Waals surface area (Å²) in [5.74, 6) is 1.46. The first-order chi connectivity index (χ1) is 28.3. The Labute approximate surface area is 326 Å². The van der Waals surface area contributed by atoms with E-state index in [-0.39, 0.29) is 0 Å². The number of hydrogen-bond acceptors (Lipinski definition) is 5. The van der Waals surface area contributed by atoms with E-state index in [0.29, 0.717) is 5.84 Å². The number of benzene rings is 8. The smallest absolute Gasteiger partial charge is 0.159 e. The number of para-hydroxylation sites is 3. The van der Waals surface area contributed by atoms with Gasteiger partial charge in [-0.3, -0.25) is 0 Å². The molecular weight excluding hydrogens is 701 g/mol. The molecule has 0 radical (unpaired) electrons. The van der Waals surface area contributed by atoms with Crippen molar-refractivity contribution in [2.24, 2.45) is 9.98 Å². The second-order valence-corrected chi connectivity index (χ2v) is 14.5. The molecule has 6 nitrogen and oxygen atoms in total. The zero-order valence-corrected chi connectivity index (χ0v) is 30.6. The summed E-state index contributed by atoms with van der Waals surface area (Å²) < 4.78 is 15.7. The molecule has 8 aromatic carbocycles. The molecule has 6 heteroatoms. The van der Waals surface area contributed by atoms with Crippen molar-refractivity contribution >= 4 is 77.4 Å². The van der Waals surface area contributed by atoms with Crippen molar-refractivity contribution in [2.45, 2.75) is 6.17 Å². The van der Waals surface area contributed by atoms with E-state index in [0.717, 1.165) is 83.2 Å².